The van der Waals surface area contributed by atoms with Crippen molar-refractivity contribution in [2.75, 3.05) is 18.4 Å². The lowest BCUT2D eigenvalue weighted by atomic mass is 9.83. The van der Waals surface area contributed by atoms with Gasteiger partial charge in [0.05, 0.1) is 10.3 Å². The van der Waals surface area contributed by atoms with Gasteiger partial charge in [-0.25, -0.2) is 17.5 Å². The van der Waals surface area contributed by atoms with E-state index in [2.05, 4.69) is 10.0 Å². The molecule has 0 unspecified atom stereocenters. The molecule has 8 heteroatoms. The summed E-state index contributed by atoms with van der Waals surface area (Å²) < 4.78 is 40.7. The molecule has 26 heavy (non-hydrogen) atoms. The minimum atomic E-state index is -3.72. The van der Waals surface area contributed by atoms with E-state index in [-0.39, 0.29) is 23.5 Å². The summed E-state index contributed by atoms with van der Waals surface area (Å²) in [5.74, 6) is -0.929. The Morgan fingerprint density at radius 3 is 2.50 bits per heavy atom. The Bertz CT molecular complexity index is 898. The number of benzene rings is 2. The Labute approximate surface area is 152 Å². The fourth-order valence-corrected chi connectivity index (χ4v) is 3.49. The fourth-order valence-electron chi connectivity index (χ4n) is 2.40. The summed E-state index contributed by atoms with van der Waals surface area (Å²) >= 11 is 0. The molecule has 0 fully saturated rings. The Morgan fingerprint density at radius 1 is 1.15 bits per heavy atom. The first-order valence-corrected chi connectivity index (χ1v) is 9.53. The summed E-state index contributed by atoms with van der Waals surface area (Å²) in [7, 11) is -3.72. The zero-order valence-corrected chi connectivity index (χ0v) is 15.4. The second kappa shape index (κ2) is 7.94. The van der Waals surface area contributed by atoms with Crippen LogP contribution in [0.3, 0.4) is 0 Å². The number of nitrogens with one attached hydrogen (secondary N) is 2. The van der Waals surface area contributed by atoms with Crippen molar-refractivity contribution < 1.29 is 17.6 Å². The lowest BCUT2D eigenvalue weighted by molar-refractivity contribution is -0.120. The lowest BCUT2D eigenvalue weighted by Gasteiger charge is -2.24. The van der Waals surface area contributed by atoms with Gasteiger partial charge in [0, 0.05) is 24.3 Å². The van der Waals surface area contributed by atoms with Gasteiger partial charge in [0.1, 0.15) is 5.82 Å². The summed E-state index contributed by atoms with van der Waals surface area (Å²) in [5.41, 5.74) is 4.73. The minimum Gasteiger partial charge on any atom is -0.329 e. The van der Waals surface area contributed by atoms with E-state index in [1.54, 1.807) is 38.1 Å². The molecule has 2 rings (SSSR count). The highest BCUT2D eigenvalue weighted by atomic mass is 32.2. The van der Waals surface area contributed by atoms with E-state index < -0.39 is 27.2 Å². The van der Waals surface area contributed by atoms with Crippen LogP contribution in [0.25, 0.3) is 0 Å². The zero-order valence-electron chi connectivity index (χ0n) is 14.6. The molecule has 0 atom stereocenters. The number of amides is 1. The molecule has 0 saturated carbocycles. The smallest absolute Gasteiger partial charge is 0.240 e. The fraction of sp³-hybridized carbons (Fsp3) is 0.278. The molecule has 0 saturated heterocycles. The number of rotatable bonds is 7. The third-order valence-electron chi connectivity index (χ3n) is 3.95. The van der Waals surface area contributed by atoms with Crippen molar-refractivity contribution in [3.63, 3.8) is 0 Å². The monoisotopic (exact) mass is 379 g/mol. The number of halogens is 1. The minimum absolute atomic E-state index is 0.00690. The van der Waals surface area contributed by atoms with Gasteiger partial charge in [-0.05, 0) is 38.1 Å². The zero-order chi connectivity index (χ0) is 19.4. The molecule has 0 bridgehead atoms. The predicted molar refractivity (Wildman–Crippen MR) is 98.7 cm³/mol. The molecule has 0 aliphatic carbocycles. The van der Waals surface area contributed by atoms with Crippen LogP contribution in [0.15, 0.2) is 53.4 Å². The second-order valence-electron chi connectivity index (χ2n) is 6.27. The average Bonchev–Trinajstić information content (AvgIpc) is 2.60. The van der Waals surface area contributed by atoms with Crippen molar-refractivity contribution in [2.24, 2.45) is 5.73 Å². The van der Waals surface area contributed by atoms with Crippen LogP contribution in [-0.4, -0.2) is 27.4 Å². The van der Waals surface area contributed by atoms with Crippen molar-refractivity contribution in [1.82, 2.24) is 4.72 Å². The first kappa shape index (κ1) is 20.0. The van der Waals surface area contributed by atoms with Gasteiger partial charge in [-0.3, -0.25) is 4.79 Å². The molecule has 0 spiro atoms. The maximum Gasteiger partial charge on any atom is 0.240 e. The van der Waals surface area contributed by atoms with Crippen LogP contribution in [0.4, 0.5) is 10.1 Å². The average molecular weight is 379 g/mol. The highest BCUT2D eigenvalue weighted by Crippen LogP contribution is 2.27. The van der Waals surface area contributed by atoms with Gasteiger partial charge < -0.3 is 11.1 Å². The highest BCUT2D eigenvalue weighted by molar-refractivity contribution is 7.89. The Balaban J connectivity index is 2.25. The van der Waals surface area contributed by atoms with E-state index >= 15 is 0 Å². The van der Waals surface area contributed by atoms with Crippen molar-refractivity contribution in [1.29, 1.82) is 0 Å². The molecule has 0 aromatic heterocycles. The molecule has 0 aliphatic rings. The van der Waals surface area contributed by atoms with Crippen molar-refractivity contribution in [3.8, 4) is 0 Å². The Kier molecular flexibility index (Phi) is 6.12. The number of hydrogen-bond acceptors (Lipinski definition) is 4. The number of sulfonamides is 1. The van der Waals surface area contributed by atoms with Gasteiger partial charge in [0.25, 0.3) is 0 Å². The first-order valence-electron chi connectivity index (χ1n) is 8.05. The summed E-state index contributed by atoms with van der Waals surface area (Å²) in [6.07, 6.45) is 0. The summed E-state index contributed by atoms with van der Waals surface area (Å²) in [6.45, 7) is 3.49. The third-order valence-corrected chi connectivity index (χ3v) is 5.41. The number of hydrogen-bond donors (Lipinski definition) is 3. The van der Waals surface area contributed by atoms with Gasteiger partial charge in [0.15, 0.2) is 0 Å². The van der Waals surface area contributed by atoms with Crippen LogP contribution in [0, 0.1) is 5.82 Å². The molecular weight excluding hydrogens is 357 g/mol. The van der Waals surface area contributed by atoms with E-state index in [4.69, 9.17) is 5.73 Å². The number of nitrogens with two attached hydrogens (primary N) is 1. The van der Waals surface area contributed by atoms with Crippen LogP contribution in [0.5, 0.6) is 0 Å². The van der Waals surface area contributed by atoms with Crippen LogP contribution in [-0.2, 0) is 20.2 Å². The van der Waals surface area contributed by atoms with E-state index in [1.165, 1.54) is 24.3 Å². The van der Waals surface area contributed by atoms with Crippen LogP contribution in [0.2, 0.25) is 0 Å². The van der Waals surface area contributed by atoms with Crippen LogP contribution in [0.1, 0.15) is 19.4 Å². The standard InChI is InChI=1S/C18H22FN3O3S/c1-18(2,15-8-3-4-9-16(15)19)17(23)22-13-6-5-7-14(12-13)26(24,25)21-11-10-20/h3-9,12,21H,10-11,20H2,1-2H3,(H,22,23). The van der Waals surface area contributed by atoms with E-state index in [0.29, 0.717) is 5.69 Å². The van der Waals surface area contributed by atoms with Gasteiger partial charge in [-0.2, -0.15) is 0 Å². The number of anilines is 1. The van der Waals surface area contributed by atoms with Crippen molar-refractivity contribution in [2.45, 2.75) is 24.2 Å². The molecule has 0 heterocycles. The SMILES string of the molecule is CC(C)(C(=O)Nc1cccc(S(=O)(=O)NCCN)c1)c1ccccc1F. The molecule has 0 radical (unpaired) electrons. The normalized spacial score (nSPS) is 12.0. The quantitative estimate of drug-likeness (QED) is 0.685. The van der Waals surface area contributed by atoms with Gasteiger partial charge in [-0.15, -0.1) is 0 Å². The van der Waals surface area contributed by atoms with Crippen LogP contribution < -0.4 is 15.8 Å². The summed E-state index contributed by atoms with van der Waals surface area (Å²) in [4.78, 5) is 12.7. The molecular formula is C18H22FN3O3S. The molecule has 0 aliphatic heterocycles. The maximum absolute atomic E-state index is 14.0. The van der Waals surface area contributed by atoms with Gasteiger partial charge in [0.2, 0.25) is 15.9 Å². The van der Waals surface area contributed by atoms with E-state index in [9.17, 15) is 17.6 Å². The summed E-state index contributed by atoms with van der Waals surface area (Å²) in [5, 5.41) is 2.65. The van der Waals surface area contributed by atoms with Crippen LogP contribution >= 0.6 is 0 Å². The van der Waals surface area contributed by atoms with Gasteiger partial charge in [-0.1, -0.05) is 24.3 Å². The predicted octanol–water partition coefficient (Wildman–Crippen LogP) is 1.98. The third kappa shape index (κ3) is 4.46. The first-order chi connectivity index (χ1) is 12.2. The lowest BCUT2D eigenvalue weighted by Crippen LogP contribution is -2.35. The molecule has 140 valence electrons. The number of carbonyl (C=O) groups is 1. The molecule has 6 nitrogen and oxygen atoms in total. The molecule has 4 N–H and O–H groups in total. The molecule has 2 aromatic rings. The Morgan fingerprint density at radius 2 is 1.85 bits per heavy atom. The topological polar surface area (TPSA) is 101 Å². The van der Waals surface area contributed by atoms with Crippen molar-refractivity contribution in [3.05, 3.63) is 59.9 Å². The number of carbonyl (C=O) groups excluding carboxylic acids is 1. The molecule has 1 amide bonds. The van der Waals surface area contributed by atoms with E-state index in [0.717, 1.165) is 0 Å². The largest absolute Gasteiger partial charge is 0.329 e. The summed E-state index contributed by atoms with van der Waals surface area (Å²) in [6, 6.07) is 11.9. The van der Waals surface area contributed by atoms with Gasteiger partial charge >= 0.3 is 0 Å². The second-order valence-corrected chi connectivity index (χ2v) is 8.04. The Hall–Kier alpha value is -2.29. The highest BCUT2D eigenvalue weighted by Gasteiger charge is 2.32. The van der Waals surface area contributed by atoms with Crippen molar-refractivity contribution >= 4 is 21.6 Å². The van der Waals surface area contributed by atoms with E-state index in [1.807, 2.05) is 0 Å². The molecule has 2 aromatic carbocycles. The maximum atomic E-state index is 14.0.